The van der Waals surface area contributed by atoms with Crippen LogP contribution in [-0.4, -0.2) is 37.6 Å². The first kappa shape index (κ1) is 14.9. The van der Waals surface area contributed by atoms with Gasteiger partial charge in [0.15, 0.2) is 0 Å². The molecule has 98 valence electrons. The number of carbonyl (C=O) groups excluding carboxylic acids is 1. The summed E-state index contributed by atoms with van der Waals surface area (Å²) in [5.41, 5.74) is 0.0375. The number of rotatable bonds is 6. The van der Waals surface area contributed by atoms with Gasteiger partial charge in [0.05, 0.1) is 12.2 Å². The molecule has 0 saturated heterocycles. The van der Waals surface area contributed by atoms with Gasteiger partial charge in [0.25, 0.3) is 5.91 Å². The number of carbonyl (C=O) groups is 1. The molecule has 0 aromatic heterocycles. The maximum absolute atomic E-state index is 13.7. The van der Waals surface area contributed by atoms with Gasteiger partial charge in [-0.2, -0.15) is 0 Å². The second-order valence-corrected chi connectivity index (χ2v) is 4.48. The van der Waals surface area contributed by atoms with Crippen molar-refractivity contribution in [3.63, 3.8) is 0 Å². The van der Waals surface area contributed by atoms with E-state index in [9.17, 15) is 9.18 Å². The number of nitrogens with zero attached hydrogens (tertiary/aromatic N) is 1. The van der Waals surface area contributed by atoms with Crippen LogP contribution in [0.4, 0.5) is 4.39 Å². The minimum Gasteiger partial charge on any atom is -0.383 e. The van der Waals surface area contributed by atoms with Gasteiger partial charge < -0.3 is 9.64 Å². The van der Waals surface area contributed by atoms with Crippen LogP contribution in [0.15, 0.2) is 35.3 Å². The van der Waals surface area contributed by atoms with Crippen molar-refractivity contribution in [3.8, 4) is 0 Å². The van der Waals surface area contributed by atoms with Gasteiger partial charge >= 0.3 is 0 Å². The molecule has 3 nitrogen and oxygen atoms in total. The SMILES string of the molecule is C=CCN(CCOC)C(=O)c1c(F)cccc1Br. The van der Waals surface area contributed by atoms with Gasteiger partial charge in [0.1, 0.15) is 5.82 Å². The van der Waals surface area contributed by atoms with E-state index in [1.54, 1.807) is 25.3 Å². The molecule has 1 aromatic carbocycles. The van der Waals surface area contributed by atoms with Crippen molar-refractivity contribution in [1.29, 1.82) is 0 Å². The molecule has 0 aliphatic rings. The van der Waals surface area contributed by atoms with Crippen molar-refractivity contribution in [1.82, 2.24) is 4.90 Å². The number of amides is 1. The van der Waals surface area contributed by atoms with Crippen molar-refractivity contribution < 1.29 is 13.9 Å². The Morgan fingerprint density at radius 2 is 2.33 bits per heavy atom. The number of hydrogen-bond donors (Lipinski definition) is 0. The van der Waals surface area contributed by atoms with Gasteiger partial charge in [-0.15, -0.1) is 6.58 Å². The summed E-state index contributed by atoms with van der Waals surface area (Å²) in [5.74, 6) is -0.919. The van der Waals surface area contributed by atoms with Gasteiger partial charge in [-0.1, -0.05) is 12.1 Å². The fraction of sp³-hybridized carbons (Fsp3) is 0.308. The molecule has 5 heteroatoms. The van der Waals surface area contributed by atoms with E-state index in [4.69, 9.17) is 4.74 Å². The summed E-state index contributed by atoms with van der Waals surface area (Å²) in [4.78, 5) is 13.7. The van der Waals surface area contributed by atoms with Crippen molar-refractivity contribution in [2.75, 3.05) is 26.8 Å². The summed E-state index contributed by atoms with van der Waals surface area (Å²) in [7, 11) is 1.55. The topological polar surface area (TPSA) is 29.5 Å². The Hall–Kier alpha value is -1.20. The van der Waals surface area contributed by atoms with E-state index in [0.29, 0.717) is 24.2 Å². The van der Waals surface area contributed by atoms with E-state index in [1.165, 1.54) is 11.0 Å². The highest BCUT2D eigenvalue weighted by atomic mass is 79.9. The highest BCUT2D eigenvalue weighted by Crippen LogP contribution is 2.21. The van der Waals surface area contributed by atoms with Crippen LogP contribution in [0.3, 0.4) is 0 Å². The zero-order valence-corrected chi connectivity index (χ0v) is 11.7. The lowest BCUT2D eigenvalue weighted by molar-refractivity contribution is 0.0712. The summed E-state index contributed by atoms with van der Waals surface area (Å²) in [6.45, 7) is 4.72. The number of halogens is 2. The van der Waals surface area contributed by atoms with Gasteiger partial charge in [0, 0.05) is 24.7 Å². The van der Waals surface area contributed by atoms with E-state index >= 15 is 0 Å². The van der Waals surface area contributed by atoms with Crippen molar-refractivity contribution in [2.24, 2.45) is 0 Å². The largest absolute Gasteiger partial charge is 0.383 e. The summed E-state index contributed by atoms with van der Waals surface area (Å²) in [5, 5.41) is 0. The van der Waals surface area contributed by atoms with Gasteiger partial charge in [-0.25, -0.2) is 4.39 Å². The monoisotopic (exact) mass is 315 g/mol. The highest BCUT2D eigenvalue weighted by molar-refractivity contribution is 9.10. The second kappa shape index (κ2) is 7.28. The van der Waals surface area contributed by atoms with Gasteiger partial charge in [-0.3, -0.25) is 4.79 Å². The molecule has 0 aliphatic carbocycles. The molecule has 0 heterocycles. The lowest BCUT2D eigenvalue weighted by Crippen LogP contribution is -2.34. The first-order chi connectivity index (χ1) is 8.61. The Morgan fingerprint density at radius 3 is 2.89 bits per heavy atom. The summed E-state index contributed by atoms with van der Waals surface area (Å²) in [6.07, 6.45) is 1.60. The predicted octanol–water partition coefficient (Wildman–Crippen LogP) is 2.86. The van der Waals surface area contributed by atoms with Crippen LogP contribution in [0.25, 0.3) is 0 Å². The smallest absolute Gasteiger partial charge is 0.258 e. The summed E-state index contributed by atoms with van der Waals surface area (Å²) in [6, 6.07) is 4.45. The van der Waals surface area contributed by atoms with E-state index in [-0.39, 0.29) is 11.5 Å². The maximum atomic E-state index is 13.7. The van der Waals surface area contributed by atoms with Crippen LogP contribution in [0.5, 0.6) is 0 Å². The first-order valence-electron chi connectivity index (χ1n) is 5.45. The van der Waals surface area contributed by atoms with E-state index in [0.717, 1.165) is 0 Å². The molecule has 1 rings (SSSR count). The third-order valence-electron chi connectivity index (χ3n) is 2.38. The quantitative estimate of drug-likeness (QED) is 0.755. The number of benzene rings is 1. The lowest BCUT2D eigenvalue weighted by Gasteiger charge is -2.21. The average molecular weight is 316 g/mol. The molecule has 18 heavy (non-hydrogen) atoms. The van der Waals surface area contributed by atoms with Crippen LogP contribution in [0.1, 0.15) is 10.4 Å². The summed E-state index contributed by atoms with van der Waals surface area (Å²) < 4.78 is 19.1. The van der Waals surface area contributed by atoms with Crippen molar-refractivity contribution >= 4 is 21.8 Å². The predicted molar refractivity (Wildman–Crippen MR) is 72.1 cm³/mol. The molecule has 0 atom stereocenters. The maximum Gasteiger partial charge on any atom is 0.258 e. The third kappa shape index (κ3) is 3.65. The molecule has 0 spiro atoms. The van der Waals surface area contributed by atoms with E-state index in [2.05, 4.69) is 22.5 Å². The lowest BCUT2D eigenvalue weighted by atomic mass is 10.2. The molecule has 1 amide bonds. The van der Waals surface area contributed by atoms with Crippen LogP contribution in [0, 0.1) is 5.82 Å². The Bertz CT molecular complexity index is 417. The normalized spacial score (nSPS) is 10.2. The fourth-order valence-electron chi connectivity index (χ4n) is 1.49. The van der Waals surface area contributed by atoms with E-state index in [1.807, 2.05) is 0 Å². The fourth-order valence-corrected chi connectivity index (χ4v) is 2.00. The number of methoxy groups -OCH3 is 1. The van der Waals surface area contributed by atoms with Gasteiger partial charge in [-0.05, 0) is 28.1 Å². The molecule has 0 aliphatic heterocycles. The minimum atomic E-state index is -0.541. The van der Waals surface area contributed by atoms with Crippen molar-refractivity contribution in [3.05, 3.63) is 46.7 Å². The van der Waals surface area contributed by atoms with Crippen LogP contribution < -0.4 is 0 Å². The van der Waals surface area contributed by atoms with Crippen LogP contribution in [-0.2, 0) is 4.74 Å². The summed E-state index contributed by atoms with van der Waals surface area (Å²) >= 11 is 3.19. The minimum absolute atomic E-state index is 0.0375. The Labute approximate surface area is 114 Å². The van der Waals surface area contributed by atoms with E-state index < -0.39 is 5.82 Å². The molecular formula is C13H15BrFNO2. The molecule has 0 bridgehead atoms. The average Bonchev–Trinajstić information content (AvgIpc) is 2.34. The van der Waals surface area contributed by atoms with Crippen LogP contribution in [0.2, 0.25) is 0 Å². The molecule has 0 radical (unpaired) electrons. The Morgan fingerprint density at radius 1 is 1.61 bits per heavy atom. The van der Waals surface area contributed by atoms with Crippen LogP contribution >= 0.6 is 15.9 Å². The molecule has 0 N–H and O–H groups in total. The second-order valence-electron chi connectivity index (χ2n) is 3.63. The molecule has 1 aromatic rings. The Balaban J connectivity index is 2.97. The Kier molecular flexibility index (Phi) is 6.01. The standard InChI is InChI=1S/C13H15BrFNO2/c1-3-7-16(8-9-18-2)13(17)12-10(14)5-4-6-11(12)15/h3-6H,1,7-9H2,2H3. The van der Waals surface area contributed by atoms with Gasteiger partial charge in [0.2, 0.25) is 0 Å². The molecule has 0 unspecified atom stereocenters. The third-order valence-corrected chi connectivity index (χ3v) is 3.04. The molecular weight excluding hydrogens is 301 g/mol. The van der Waals surface area contributed by atoms with Crippen molar-refractivity contribution in [2.45, 2.75) is 0 Å². The zero-order valence-electron chi connectivity index (χ0n) is 10.2. The first-order valence-corrected chi connectivity index (χ1v) is 6.24. The highest BCUT2D eigenvalue weighted by Gasteiger charge is 2.20. The molecule has 0 saturated carbocycles. The molecule has 0 fully saturated rings. The zero-order chi connectivity index (χ0) is 13.5. The number of ether oxygens (including phenoxy) is 1. The number of hydrogen-bond acceptors (Lipinski definition) is 2.